The number of hydrogen-bond donors (Lipinski definition) is 1. The summed E-state index contributed by atoms with van der Waals surface area (Å²) in [4.78, 5) is 32.9. The molecule has 0 aliphatic heterocycles. The van der Waals surface area contributed by atoms with Gasteiger partial charge in [0.05, 0.1) is 10.4 Å². The zero-order valence-corrected chi connectivity index (χ0v) is 17.4. The number of para-hydroxylation sites is 1. The Morgan fingerprint density at radius 3 is 2.55 bits per heavy atom. The first-order valence-electron chi connectivity index (χ1n) is 9.50. The highest BCUT2D eigenvalue weighted by Crippen LogP contribution is 2.38. The Morgan fingerprint density at radius 2 is 1.77 bits per heavy atom. The van der Waals surface area contributed by atoms with Crippen LogP contribution in [0.4, 0.5) is 11.4 Å². The van der Waals surface area contributed by atoms with E-state index in [2.05, 4.69) is 15.3 Å². The second kappa shape index (κ2) is 8.93. The minimum absolute atomic E-state index is 0.141. The highest BCUT2D eigenvalue weighted by atomic mass is 32.2. The summed E-state index contributed by atoms with van der Waals surface area (Å²) in [6.45, 7) is 1.77. The van der Waals surface area contributed by atoms with Crippen molar-refractivity contribution in [2.24, 2.45) is 0 Å². The minimum atomic E-state index is -0.666. The van der Waals surface area contributed by atoms with Crippen LogP contribution in [0.15, 0.2) is 84.1 Å². The fourth-order valence-corrected chi connectivity index (χ4v) is 4.27. The molecule has 0 spiro atoms. The first-order valence-corrected chi connectivity index (χ1v) is 10.4. The monoisotopic (exact) mass is 430 g/mol. The topological polar surface area (TPSA) is 98.0 Å². The number of anilines is 1. The fraction of sp³-hybridized carbons (Fsp3) is 0.0870. The predicted molar refractivity (Wildman–Crippen MR) is 121 cm³/mol. The van der Waals surface area contributed by atoms with E-state index in [1.54, 1.807) is 19.1 Å². The number of thioether (sulfide) groups is 1. The van der Waals surface area contributed by atoms with E-state index in [1.165, 1.54) is 24.2 Å². The van der Waals surface area contributed by atoms with Gasteiger partial charge in [-0.3, -0.25) is 14.9 Å². The molecule has 0 bridgehead atoms. The summed E-state index contributed by atoms with van der Waals surface area (Å²) in [5.41, 5.74) is 2.31. The number of aromatic nitrogens is 2. The van der Waals surface area contributed by atoms with Gasteiger partial charge in [0.2, 0.25) is 5.91 Å². The Morgan fingerprint density at radius 1 is 1.03 bits per heavy atom. The van der Waals surface area contributed by atoms with Gasteiger partial charge >= 0.3 is 0 Å². The molecule has 0 saturated carbocycles. The molecule has 4 aromatic rings. The van der Waals surface area contributed by atoms with Crippen molar-refractivity contribution in [3.63, 3.8) is 0 Å². The van der Waals surface area contributed by atoms with Gasteiger partial charge in [-0.15, -0.1) is 0 Å². The van der Waals surface area contributed by atoms with Crippen LogP contribution >= 0.6 is 11.8 Å². The van der Waals surface area contributed by atoms with Crippen LogP contribution in [0.2, 0.25) is 0 Å². The van der Waals surface area contributed by atoms with Gasteiger partial charge in [-0.25, -0.2) is 9.97 Å². The molecule has 0 saturated heterocycles. The zero-order valence-electron chi connectivity index (χ0n) is 16.6. The number of nitrogens with one attached hydrogen (secondary N) is 1. The van der Waals surface area contributed by atoms with Gasteiger partial charge in [0.1, 0.15) is 22.3 Å². The molecule has 154 valence electrons. The summed E-state index contributed by atoms with van der Waals surface area (Å²) in [7, 11) is 0. The summed E-state index contributed by atoms with van der Waals surface area (Å²) >= 11 is 1.28. The number of benzene rings is 3. The van der Waals surface area contributed by atoms with Crippen molar-refractivity contribution in [1.29, 1.82) is 0 Å². The highest BCUT2D eigenvalue weighted by molar-refractivity contribution is 8.00. The van der Waals surface area contributed by atoms with Crippen LogP contribution in [0.25, 0.3) is 10.9 Å². The molecule has 1 unspecified atom stereocenters. The van der Waals surface area contributed by atoms with Crippen LogP contribution < -0.4 is 5.32 Å². The Balaban J connectivity index is 1.71. The van der Waals surface area contributed by atoms with Gasteiger partial charge in [-0.05, 0) is 30.2 Å². The van der Waals surface area contributed by atoms with Crippen LogP contribution in [-0.4, -0.2) is 20.8 Å². The van der Waals surface area contributed by atoms with E-state index < -0.39 is 10.2 Å². The van der Waals surface area contributed by atoms with Gasteiger partial charge in [0, 0.05) is 11.5 Å². The van der Waals surface area contributed by atoms with E-state index in [4.69, 9.17) is 0 Å². The van der Waals surface area contributed by atoms with Crippen LogP contribution in [0, 0.1) is 17.0 Å². The zero-order chi connectivity index (χ0) is 21.8. The van der Waals surface area contributed by atoms with Crippen molar-refractivity contribution in [3.05, 3.63) is 100 Å². The molecule has 7 nitrogen and oxygen atoms in total. The van der Waals surface area contributed by atoms with E-state index in [1.807, 2.05) is 54.6 Å². The predicted octanol–water partition coefficient (Wildman–Crippen LogP) is 5.32. The fourth-order valence-electron chi connectivity index (χ4n) is 3.18. The molecule has 31 heavy (non-hydrogen) atoms. The molecule has 8 heteroatoms. The lowest BCUT2D eigenvalue weighted by Gasteiger charge is -2.17. The second-order valence-electron chi connectivity index (χ2n) is 6.87. The number of carbonyl (C=O) groups excluding carboxylic acids is 1. The Kier molecular flexibility index (Phi) is 5.90. The average molecular weight is 430 g/mol. The number of carbonyl (C=O) groups is 1. The van der Waals surface area contributed by atoms with Crippen LogP contribution in [0.5, 0.6) is 0 Å². The molecule has 0 aliphatic rings. The number of fused-ring (bicyclic) bond motifs is 1. The summed E-state index contributed by atoms with van der Waals surface area (Å²) in [5, 5.41) is 15.0. The molecule has 3 aromatic carbocycles. The van der Waals surface area contributed by atoms with E-state index in [-0.39, 0.29) is 17.3 Å². The molecule has 4 rings (SSSR count). The molecule has 1 aromatic heterocycles. The summed E-state index contributed by atoms with van der Waals surface area (Å²) in [6.07, 6.45) is 1.47. The average Bonchev–Trinajstić information content (AvgIpc) is 2.79. The van der Waals surface area contributed by atoms with Crippen molar-refractivity contribution < 1.29 is 9.72 Å². The Labute approximate surface area is 182 Å². The number of aryl methyl sites for hydroxylation is 1. The van der Waals surface area contributed by atoms with Crippen molar-refractivity contribution in [3.8, 4) is 0 Å². The third-order valence-corrected chi connectivity index (χ3v) is 5.95. The maximum atomic E-state index is 13.3. The number of nitro benzene ring substituents is 1. The largest absolute Gasteiger partial charge is 0.319 e. The molecule has 0 fully saturated rings. The lowest BCUT2D eigenvalue weighted by molar-refractivity contribution is -0.384. The van der Waals surface area contributed by atoms with E-state index in [0.29, 0.717) is 5.03 Å². The molecule has 0 aliphatic carbocycles. The Bertz CT molecular complexity index is 1260. The van der Waals surface area contributed by atoms with Gasteiger partial charge in [0.25, 0.3) is 5.69 Å². The second-order valence-corrected chi connectivity index (χ2v) is 7.97. The molecule has 1 N–H and O–H groups in total. The van der Waals surface area contributed by atoms with Crippen molar-refractivity contribution in [1.82, 2.24) is 9.97 Å². The number of nitrogens with zero attached hydrogens (tertiary/aromatic N) is 3. The lowest BCUT2D eigenvalue weighted by atomic mass is 10.1. The smallest absolute Gasteiger partial charge is 0.293 e. The number of nitro groups is 1. The molecule has 1 heterocycles. The van der Waals surface area contributed by atoms with Gasteiger partial charge in [0.15, 0.2) is 0 Å². The molecule has 0 radical (unpaired) electrons. The van der Waals surface area contributed by atoms with Crippen LogP contribution in [0.3, 0.4) is 0 Å². The summed E-state index contributed by atoms with van der Waals surface area (Å²) < 4.78 is 0. The SMILES string of the molecule is Cc1ccc(NC(=O)C(Sc2ncnc3ccccc23)c2ccccc2)c([N+](=O)[O-])c1. The Hall–Kier alpha value is -3.78. The number of hydrogen-bond acceptors (Lipinski definition) is 6. The van der Waals surface area contributed by atoms with E-state index in [9.17, 15) is 14.9 Å². The van der Waals surface area contributed by atoms with Gasteiger partial charge in [-0.2, -0.15) is 0 Å². The quantitative estimate of drug-likeness (QED) is 0.192. The summed E-state index contributed by atoms with van der Waals surface area (Å²) in [5.74, 6) is -0.370. The van der Waals surface area contributed by atoms with Gasteiger partial charge < -0.3 is 5.32 Å². The summed E-state index contributed by atoms with van der Waals surface area (Å²) in [6, 6.07) is 21.6. The molecular formula is C23H18N4O3S. The molecule has 1 amide bonds. The minimum Gasteiger partial charge on any atom is -0.319 e. The lowest BCUT2D eigenvalue weighted by Crippen LogP contribution is -2.20. The van der Waals surface area contributed by atoms with Crippen LogP contribution in [-0.2, 0) is 4.79 Å². The third-order valence-electron chi connectivity index (χ3n) is 4.68. The van der Waals surface area contributed by atoms with Crippen molar-refractivity contribution in [2.75, 3.05) is 5.32 Å². The first kappa shape index (κ1) is 20.5. The first-order chi connectivity index (χ1) is 15.0. The van der Waals surface area contributed by atoms with E-state index in [0.717, 1.165) is 22.0 Å². The molecular weight excluding hydrogens is 412 g/mol. The third kappa shape index (κ3) is 4.54. The molecule has 1 atom stereocenters. The van der Waals surface area contributed by atoms with E-state index >= 15 is 0 Å². The van der Waals surface area contributed by atoms with Crippen molar-refractivity contribution in [2.45, 2.75) is 17.2 Å². The maximum Gasteiger partial charge on any atom is 0.293 e. The van der Waals surface area contributed by atoms with Crippen LogP contribution in [0.1, 0.15) is 16.4 Å². The van der Waals surface area contributed by atoms with Crippen molar-refractivity contribution >= 4 is 39.9 Å². The normalized spacial score (nSPS) is 11.8. The number of rotatable bonds is 6. The van der Waals surface area contributed by atoms with Gasteiger partial charge in [-0.1, -0.05) is 66.4 Å². The number of amides is 1. The maximum absolute atomic E-state index is 13.3. The highest BCUT2D eigenvalue weighted by Gasteiger charge is 2.26. The standard InChI is InChI=1S/C23H18N4O3S/c1-15-11-12-19(20(13-15)27(29)30)26-22(28)21(16-7-3-2-4-8-16)31-23-17-9-5-6-10-18(17)24-14-25-23/h2-14,21H,1H3,(H,26,28).